The van der Waals surface area contributed by atoms with Gasteiger partial charge in [-0.25, -0.2) is 0 Å². The van der Waals surface area contributed by atoms with E-state index in [9.17, 15) is 0 Å². The van der Waals surface area contributed by atoms with E-state index >= 15 is 0 Å². The minimum atomic E-state index is -1.11. The Bertz CT molecular complexity index is 176. The lowest BCUT2D eigenvalue weighted by molar-refractivity contribution is 0.377. The van der Waals surface area contributed by atoms with Crippen LogP contribution in [0.2, 0.25) is 5.82 Å². The average molecular weight is 138 g/mol. The van der Waals surface area contributed by atoms with Gasteiger partial charge in [0.2, 0.25) is 0 Å². The van der Waals surface area contributed by atoms with Crippen molar-refractivity contribution in [2.45, 2.75) is 25.1 Å². The zero-order valence-corrected chi connectivity index (χ0v) is 5.83. The molecule has 0 bridgehead atoms. The molecule has 0 saturated heterocycles. The maximum atomic E-state index is 8.89. The fourth-order valence-electron chi connectivity index (χ4n) is 1.88. The molecule has 2 aliphatic rings. The molecule has 3 heteroatoms. The minimum absolute atomic E-state index is 0.0683. The van der Waals surface area contributed by atoms with E-state index in [1.54, 1.807) is 0 Å². The van der Waals surface area contributed by atoms with Crippen molar-refractivity contribution in [1.29, 1.82) is 0 Å². The second kappa shape index (κ2) is 2.11. The molecule has 0 spiro atoms. The average Bonchev–Trinajstić information content (AvgIpc) is 2.63. The second-order valence-corrected chi connectivity index (χ2v) is 3.22. The zero-order chi connectivity index (χ0) is 7.14. The van der Waals surface area contributed by atoms with Crippen molar-refractivity contribution in [1.82, 2.24) is 0 Å². The summed E-state index contributed by atoms with van der Waals surface area (Å²) < 4.78 is 0. The van der Waals surface area contributed by atoms with Gasteiger partial charge >= 0.3 is 7.12 Å². The van der Waals surface area contributed by atoms with Gasteiger partial charge in [0.25, 0.3) is 0 Å². The molecule has 0 radical (unpaired) electrons. The summed E-state index contributed by atoms with van der Waals surface area (Å²) in [5, 5.41) is 17.8. The van der Waals surface area contributed by atoms with Crippen LogP contribution in [0.4, 0.5) is 0 Å². The van der Waals surface area contributed by atoms with Gasteiger partial charge < -0.3 is 10.0 Å². The highest BCUT2D eigenvalue weighted by atomic mass is 16.4. The van der Waals surface area contributed by atoms with E-state index in [0.717, 1.165) is 12.8 Å². The van der Waals surface area contributed by atoms with Crippen molar-refractivity contribution in [2.24, 2.45) is 5.92 Å². The molecule has 1 unspecified atom stereocenters. The molecule has 1 saturated carbocycles. The van der Waals surface area contributed by atoms with Crippen LogP contribution in [0.15, 0.2) is 11.6 Å². The first-order valence-corrected chi connectivity index (χ1v) is 3.87. The summed E-state index contributed by atoms with van der Waals surface area (Å²) in [6.45, 7) is 0. The predicted molar refractivity (Wildman–Crippen MR) is 39.4 cm³/mol. The van der Waals surface area contributed by atoms with Crippen LogP contribution in [0.1, 0.15) is 19.3 Å². The highest BCUT2D eigenvalue weighted by Gasteiger charge is 2.40. The Morgan fingerprint density at radius 1 is 1.40 bits per heavy atom. The molecule has 1 fully saturated rings. The number of hydrogen-bond donors (Lipinski definition) is 2. The molecule has 0 aromatic heterocycles. The van der Waals surface area contributed by atoms with Gasteiger partial charge in [-0.1, -0.05) is 18.1 Å². The van der Waals surface area contributed by atoms with Gasteiger partial charge in [-0.15, -0.1) is 0 Å². The van der Waals surface area contributed by atoms with Crippen LogP contribution in [-0.2, 0) is 0 Å². The van der Waals surface area contributed by atoms with Crippen LogP contribution in [0.3, 0.4) is 0 Å². The summed E-state index contributed by atoms with van der Waals surface area (Å²) in [5.74, 6) is 0.708. The third-order valence-corrected chi connectivity index (χ3v) is 2.53. The number of hydrogen-bond acceptors (Lipinski definition) is 2. The zero-order valence-electron chi connectivity index (χ0n) is 5.83. The molecule has 2 rings (SSSR count). The van der Waals surface area contributed by atoms with E-state index in [-0.39, 0.29) is 5.82 Å². The molecule has 10 heavy (non-hydrogen) atoms. The molecule has 0 aromatic carbocycles. The highest BCUT2D eigenvalue weighted by Crippen LogP contribution is 2.49. The van der Waals surface area contributed by atoms with Crippen LogP contribution in [0.25, 0.3) is 0 Å². The van der Waals surface area contributed by atoms with Gasteiger partial charge in [0, 0.05) is 5.82 Å². The van der Waals surface area contributed by atoms with Crippen molar-refractivity contribution in [3.05, 3.63) is 11.6 Å². The smallest absolute Gasteiger partial charge is 0.427 e. The molecule has 0 heterocycles. The lowest BCUT2D eigenvalue weighted by atomic mass is 9.65. The van der Waals surface area contributed by atoms with Crippen molar-refractivity contribution < 1.29 is 10.0 Å². The summed E-state index contributed by atoms with van der Waals surface area (Å²) in [6, 6.07) is 0. The van der Waals surface area contributed by atoms with Crippen LogP contribution < -0.4 is 0 Å². The summed E-state index contributed by atoms with van der Waals surface area (Å²) >= 11 is 0. The molecule has 2 aliphatic carbocycles. The normalized spacial score (nSPS) is 36.4. The quantitative estimate of drug-likeness (QED) is 0.410. The van der Waals surface area contributed by atoms with Crippen LogP contribution in [-0.4, -0.2) is 17.2 Å². The number of fused-ring (bicyclic) bond motifs is 1. The van der Waals surface area contributed by atoms with Crippen molar-refractivity contribution in [3.8, 4) is 0 Å². The van der Waals surface area contributed by atoms with E-state index in [1.807, 2.05) is 0 Å². The molecule has 2 atom stereocenters. The molecule has 2 nitrogen and oxygen atoms in total. The summed E-state index contributed by atoms with van der Waals surface area (Å²) in [4.78, 5) is 0. The van der Waals surface area contributed by atoms with Crippen LogP contribution >= 0.6 is 0 Å². The SMILES string of the molecule is OB(O)[C@@H]1CCCC2C=C21. The highest BCUT2D eigenvalue weighted by molar-refractivity contribution is 6.44. The van der Waals surface area contributed by atoms with Gasteiger partial charge in [-0.05, 0) is 18.8 Å². The summed E-state index contributed by atoms with van der Waals surface area (Å²) in [5.41, 5.74) is 1.29. The number of allylic oxidation sites excluding steroid dienone is 2. The molecular formula is C7H11BO2. The first kappa shape index (κ1) is 6.44. The van der Waals surface area contributed by atoms with E-state index in [4.69, 9.17) is 10.0 Å². The molecule has 0 aliphatic heterocycles. The minimum Gasteiger partial charge on any atom is -0.427 e. The summed E-state index contributed by atoms with van der Waals surface area (Å²) in [7, 11) is -1.11. The number of rotatable bonds is 1. The standard InChI is InChI=1S/C7H11BO2/c9-8(10)7-3-1-2-5-4-6(5)7/h4-5,7,9-10H,1-3H2/t5?,7-/m1/s1. The summed E-state index contributed by atoms with van der Waals surface area (Å²) in [6.07, 6.45) is 5.50. The van der Waals surface area contributed by atoms with Crippen molar-refractivity contribution in [2.75, 3.05) is 0 Å². The maximum absolute atomic E-state index is 8.89. The Hall–Kier alpha value is -0.275. The van der Waals surface area contributed by atoms with E-state index in [0.29, 0.717) is 5.92 Å². The topological polar surface area (TPSA) is 40.5 Å². The lowest BCUT2D eigenvalue weighted by Crippen LogP contribution is -2.22. The van der Waals surface area contributed by atoms with Gasteiger partial charge in [-0.2, -0.15) is 0 Å². The van der Waals surface area contributed by atoms with Crippen molar-refractivity contribution in [3.63, 3.8) is 0 Å². The Kier molecular flexibility index (Phi) is 1.36. The second-order valence-electron chi connectivity index (χ2n) is 3.22. The van der Waals surface area contributed by atoms with Gasteiger partial charge in [0.1, 0.15) is 0 Å². The van der Waals surface area contributed by atoms with Crippen molar-refractivity contribution >= 4 is 7.12 Å². The van der Waals surface area contributed by atoms with Gasteiger partial charge in [0.05, 0.1) is 0 Å². The van der Waals surface area contributed by atoms with Gasteiger partial charge in [0.15, 0.2) is 0 Å². The Labute approximate surface area is 60.7 Å². The van der Waals surface area contributed by atoms with Crippen LogP contribution in [0.5, 0.6) is 0 Å². The Balaban J connectivity index is 2.01. The fourth-order valence-corrected chi connectivity index (χ4v) is 1.88. The van der Waals surface area contributed by atoms with Crippen LogP contribution in [0, 0.1) is 5.92 Å². The molecular weight excluding hydrogens is 127 g/mol. The fraction of sp³-hybridized carbons (Fsp3) is 0.714. The maximum Gasteiger partial charge on any atom is 0.459 e. The molecule has 54 valence electrons. The lowest BCUT2D eigenvalue weighted by Gasteiger charge is -2.18. The predicted octanol–water partition coefficient (Wildman–Crippen LogP) is 0.569. The third-order valence-electron chi connectivity index (χ3n) is 2.53. The largest absolute Gasteiger partial charge is 0.459 e. The Morgan fingerprint density at radius 2 is 2.20 bits per heavy atom. The molecule has 0 aromatic rings. The Morgan fingerprint density at radius 3 is 2.80 bits per heavy atom. The van der Waals surface area contributed by atoms with E-state index < -0.39 is 7.12 Å². The third kappa shape index (κ3) is 0.898. The van der Waals surface area contributed by atoms with E-state index in [2.05, 4.69) is 6.08 Å². The monoisotopic (exact) mass is 138 g/mol. The van der Waals surface area contributed by atoms with Gasteiger partial charge in [-0.3, -0.25) is 0 Å². The van der Waals surface area contributed by atoms with E-state index in [1.165, 1.54) is 12.0 Å². The molecule has 2 N–H and O–H groups in total. The molecule has 0 amide bonds. The first-order valence-electron chi connectivity index (χ1n) is 3.87. The first-order chi connectivity index (χ1) is 4.79.